The smallest absolute Gasteiger partial charge is 0.340 e. The van der Waals surface area contributed by atoms with Crippen molar-refractivity contribution in [2.24, 2.45) is 0 Å². The van der Waals surface area contributed by atoms with Gasteiger partial charge >= 0.3 is 23.9 Å². The average molecular weight is 629 g/mol. The van der Waals surface area contributed by atoms with E-state index in [9.17, 15) is 33.6 Å². The number of fused-ring (bicyclic) bond motifs is 6. The molecule has 46 heavy (non-hydrogen) atoms. The lowest BCUT2D eigenvalue weighted by Gasteiger charge is -2.36. The minimum absolute atomic E-state index is 0.0419. The van der Waals surface area contributed by atoms with Gasteiger partial charge in [-0.25, -0.2) is 9.59 Å². The summed E-state index contributed by atoms with van der Waals surface area (Å²) in [6.45, 7) is 2.32. The van der Waals surface area contributed by atoms with Crippen LogP contribution in [-0.2, 0) is 39.1 Å². The first-order valence-corrected chi connectivity index (χ1v) is 14.0. The molecule has 0 aliphatic carbocycles. The van der Waals surface area contributed by atoms with E-state index < -0.39 is 47.2 Å². The predicted octanol–water partition coefficient (Wildman–Crippen LogP) is 2.83. The number of hydroxylamine groups is 2. The number of esters is 3. The van der Waals surface area contributed by atoms with Gasteiger partial charge < -0.3 is 29.1 Å². The molecule has 1 saturated heterocycles. The van der Waals surface area contributed by atoms with E-state index in [1.165, 1.54) is 50.2 Å². The van der Waals surface area contributed by atoms with Gasteiger partial charge in [0.25, 0.3) is 17.7 Å². The first-order chi connectivity index (χ1) is 22.0. The number of amides is 3. The second kappa shape index (κ2) is 11.5. The van der Waals surface area contributed by atoms with Crippen LogP contribution in [0.1, 0.15) is 70.5 Å². The van der Waals surface area contributed by atoms with Gasteiger partial charge in [0.05, 0.1) is 12.0 Å². The summed E-state index contributed by atoms with van der Waals surface area (Å²) >= 11 is 0. The van der Waals surface area contributed by atoms with Crippen molar-refractivity contribution in [2.75, 3.05) is 6.54 Å². The van der Waals surface area contributed by atoms with Crippen LogP contribution in [0.25, 0.3) is 0 Å². The molecule has 3 amide bonds. The number of carbonyl (C=O) groups is 7. The van der Waals surface area contributed by atoms with Crippen LogP contribution in [0.4, 0.5) is 0 Å². The molecular weight excluding hydrogens is 604 g/mol. The largest absolute Gasteiger partial charge is 0.456 e. The minimum atomic E-state index is -1.54. The number of hydrogen-bond acceptors (Lipinski definition) is 12. The SMILES string of the molecule is CC(=O)Oc1ccc2c(c1)Oc1cc(OC(C)=O)ccc1C21OC(=O)c2cc(C(=O)NCCC(=O)ON3C(=O)CCC3=O)ccc21. The Kier molecular flexibility index (Phi) is 7.48. The number of nitrogens with one attached hydrogen (secondary N) is 1. The van der Waals surface area contributed by atoms with Gasteiger partial charge in [-0.2, -0.15) is 0 Å². The van der Waals surface area contributed by atoms with Gasteiger partial charge in [0.15, 0.2) is 5.60 Å². The fraction of sp³-hybridized carbons (Fsp3) is 0.219. The van der Waals surface area contributed by atoms with Crippen molar-refractivity contribution in [1.82, 2.24) is 10.4 Å². The Morgan fingerprint density at radius 3 is 1.93 bits per heavy atom. The molecule has 3 aliphatic heterocycles. The Hall–Kier alpha value is -6.05. The lowest BCUT2D eigenvalue weighted by Crippen LogP contribution is -2.34. The summed E-state index contributed by atoms with van der Waals surface area (Å²) in [7, 11) is 0. The molecule has 3 aromatic rings. The Balaban J connectivity index is 1.29. The molecule has 3 aliphatic rings. The number of ether oxygens (including phenoxy) is 4. The van der Waals surface area contributed by atoms with Gasteiger partial charge in [-0.1, -0.05) is 6.07 Å². The highest BCUT2D eigenvalue weighted by Crippen LogP contribution is 2.57. The van der Waals surface area contributed by atoms with Crippen molar-refractivity contribution >= 4 is 41.6 Å². The number of imide groups is 1. The lowest BCUT2D eigenvalue weighted by atomic mass is 9.77. The summed E-state index contributed by atoms with van der Waals surface area (Å²) in [5, 5.41) is 2.97. The monoisotopic (exact) mass is 628 g/mol. The van der Waals surface area contributed by atoms with E-state index in [1.54, 1.807) is 18.2 Å². The van der Waals surface area contributed by atoms with Crippen LogP contribution in [0.15, 0.2) is 54.6 Å². The third-order valence-corrected chi connectivity index (χ3v) is 7.35. The second-order valence-electron chi connectivity index (χ2n) is 10.5. The highest BCUT2D eigenvalue weighted by Gasteiger charge is 2.54. The molecule has 3 heterocycles. The molecule has 6 rings (SSSR count). The maximum Gasteiger partial charge on any atom is 0.340 e. The van der Waals surface area contributed by atoms with Gasteiger partial charge in [-0.05, 0) is 36.4 Å². The van der Waals surface area contributed by atoms with Crippen LogP contribution < -0.4 is 19.5 Å². The fourth-order valence-electron chi connectivity index (χ4n) is 5.47. The first kappa shape index (κ1) is 30.0. The number of benzene rings is 3. The molecular formula is C32H24N2O12. The summed E-state index contributed by atoms with van der Waals surface area (Å²) in [4.78, 5) is 89.7. The number of carbonyl (C=O) groups excluding carboxylic acids is 7. The standard InChI is InChI=1S/C32H24N2O12/c1-16(35)42-19-4-7-23-25(14-19)44-26-15-20(43-17(2)36)5-8-24(26)32(23)22-6-3-18(13-21(22)31(41)45-32)30(40)33-12-11-29(39)46-34-27(37)9-10-28(34)38/h3-8,13-15H,9-12H2,1-2H3,(H,33,40). The van der Waals surface area contributed by atoms with E-state index in [4.69, 9.17) is 23.8 Å². The number of rotatable bonds is 7. The van der Waals surface area contributed by atoms with Crippen LogP contribution in [0.2, 0.25) is 0 Å². The van der Waals surface area contributed by atoms with Crippen molar-refractivity contribution in [3.63, 3.8) is 0 Å². The lowest BCUT2D eigenvalue weighted by molar-refractivity contribution is -0.197. The van der Waals surface area contributed by atoms with Gasteiger partial charge in [0.2, 0.25) is 0 Å². The molecule has 0 unspecified atom stereocenters. The average Bonchev–Trinajstić information content (AvgIpc) is 3.47. The van der Waals surface area contributed by atoms with Crippen LogP contribution in [0.5, 0.6) is 23.0 Å². The molecule has 0 bridgehead atoms. The van der Waals surface area contributed by atoms with Crippen molar-refractivity contribution < 1.29 is 57.3 Å². The van der Waals surface area contributed by atoms with Crippen LogP contribution in [0, 0.1) is 0 Å². The third-order valence-electron chi connectivity index (χ3n) is 7.35. The van der Waals surface area contributed by atoms with Crippen LogP contribution in [-0.4, -0.2) is 53.2 Å². The zero-order valence-corrected chi connectivity index (χ0v) is 24.4. The van der Waals surface area contributed by atoms with Crippen molar-refractivity contribution in [2.45, 2.75) is 38.7 Å². The molecule has 234 valence electrons. The molecule has 0 saturated carbocycles. The van der Waals surface area contributed by atoms with Gasteiger partial charge in [-0.3, -0.25) is 24.0 Å². The summed E-state index contributed by atoms with van der Waals surface area (Å²) in [5.74, 6) is -3.79. The second-order valence-corrected chi connectivity index (χ2v) is 10.5. The summed E-state index contributed by atoms with van der Waals surface area (Å²) in [6, 6.07) is 13.6. The Labute approximate surface area is 260 Å². The quantitative estimate of drug-likeness (QED) is 0.230. The molecule has 1 spiro atoms. The molecule has 14 heteroatoms. The van der Waals surface area contributed by atoms with Gasteiger partial charge in [0.1, 0.15) is 23.0 Å². The highest BCUT2D eigenvalue weighted by molar-refractivity contribution is 6.02. The molecule has 1 N–H and O–H groups in total. The molecule has 0 aromatic heterocycles. The predicted molar refractivity (Wildman–Crippen MR) is 151 cm³/mol. The van der Waals surface area contributed by atoms with E-state index in [0.717, 1.165) is 0 Å². The first-order valence-electron chi connectivity index (χ1n) is 14.0. The molecule has 3 aromatic carbocycles. The number of nitrogens with zero attached hydrogens (tertiary/aromatic N) is 1. The molecule has 14 nitrogen and oxygen atoms in total. The Bertz CT molecular complexity index is 1800. The van der Waals surface area contributed by atoms with Gasteiger partial charge in [0, 0.05) is 67.6 Å². The van der Waals surface area contributed by atoms with Crippen molar-refractivity contribution in [3.8, 4) is 23.0 Å². The molecule has 0 atom stereocenters. The normalized spacial score (nSPS) is 15.3. The van der Waals surface area contributed by atoms with E-state index >= 15 is 0 Å². The third kappa shape index (κ3) is 5.29. The van der Waals surface area contributed by atoms with Gasteiger partial charge in [-0.15, -0.1) is 5.06 Å². The Morgan fingerprint density at radius 2 is 1.37 bits per heavy atom. The van der Waals surface area contributed by atoms with E-state index in [1.807, 2.05) is 0 Å². The number of hydrogen-bond donors (Lipinski definition) is 1. The Morgan fingerprint density at radius 1 is 0.804 bits per heavy atom. The maximum atomic E-state index is 13.4. The zero-order chi connectivity index (χ0) is 32.7. The molecule has 0 radical (unpaired) electrons. The molecule has 1 fully saturated rings. The summed E-state index contributed by atoms with van der Waals surface area (Å²) in [5.41, 5.74) is -0.146. The van der Waals surface area contributed by atoms with Crippen LogP contribution in [0.3, 0.4) is 0 Å². The topological polar surface area (TPSA) is 181 Å². The fourth-order valence-corrected chi connectivity index (χ4v) is 5.47. The summed E-state index contributed by atoms with van der Waals surface area (Å²) in [6.07, 6.45) is -0.406. The maximum absolute atomic E-state index is 13.4. The van der Waals surface area contributed by atoms with E-state index in [2.05, 4.69) is 5.32 Å². The van der Waals surface area contributed by atoms with E-state index in [0.29, 0.717) is 21.8 Å². The van der Waals surface area contributed by atoms with E-state index in [-0.39, 0.29) is 59.9 Å². The van der Waals surface area contributed by atoms with Crippen molar-refractivity contribution in [1.29, 1.82) is 0 Å². The minimum Gasteiger partial charge on any atom is -0.456 e. The highest BCUT2D eigenvalue weighted by atomic mass is 16.7. The summed E-state index contributed by atoms with van der Waals surface area (Å²) < 4.78 is 22.7. The zero-order valence-electron chi connectivity index (χ0n) is 24.4. The van der Waals surface area contributed by atoms with Crippen molar-refractivity contribution in [3.05, 3.63) is 82.4 Å². The van der Waals surface area contributed by atoms with Crippen LogP contribution >= 0.6 is 0 Å².